The largest absolute Gasteiger partial charge is 0.496 e. The lowest BCUT2D eigenvalue weighted by Crippen LogP contribution is -2.29. The van der Waals surface area contributed by atoms with Gasteiger partial charge < -0.3 is 19.5 Å². The van der Waals surface area contributed by atoms with Crippen molar-refractivity contribution in [2.24, 2.45) is 0 Å². The number of benzene rings is 3. The first-order valence-electron chi connectivity index (χ1n) is 9.86. The molecule has 4 rings (SSSR count). The molecule has 10 heteroatoms. The molecule has 3 aromatic rings. The van der Waals surface area contributed by atoms with Gasteiger partial charge in [0.15, 0.2) is 11.5 Å². The highest BCUT2D eigenvalue weighted by Gasteiger charge is 2.21. The van der Waals surface area contributed by atoms with E-state index in [4.69, 9.17) is 14.2 Å². The molecular formula is C23H21FN2O6S. The van der Waals surface area contributed by atoms with Gasteiger partial charge in [0.05, 0.1) is 25.6 Å². The Labute approximate surface area is 190 Å². The van der Waals surface area contributed by atoms with Crippen LogP contribution >= 0.6 is 0 Å². The molecule has 1 heterocycles. The first-order chi connectivity index (χ1) is 15.7. The monoisotopic (exact) mass is 472 g/mol. The van der Waals surface area contributed by atoms with Gasteiger partial charge in [-0.25, -0.2) is 12.8 Å². The van der Waals surface area contributed by atoms with Gasteiger partial charge in [0.25, 0.3) is 5.91 Å². The summed E-state index contributed by atoms with van der Waals surface area (Å²) in [5, 5.41) is 2.79. The van der Waals surface area contributed by atoms with E-state index in [2.05, 4.69) is 5.32 Å². The molecular weight excluding hydrogens is 451 g/mol. The van der Waals surface area contributed by atoms with E-state index >= 15 is 0 Å². The summed E-state index contributed by atoms with van der Waals surface area (Å²) in [6, 6.07) is 14.9. The number of amides is 1. The van der Waals surface area contributed by atoms with Gasteiger partial charge in [0.2, 0.25) is 16.8 Å². The van der Waals surface area contributed by atoms with Gasteiger partial charge in [-0.1, -0.05) is 0 Å². The summed E-state index contributed by atoms with van der Waals surface area (Å²) in [4.78, 5) is 12.9. The molecule has 1 aliphatic rings. The smallest absolute Gasteiger partial charge is 0.255 e. The van der Waals surface area contributed by atoms with Crippen LogP contribution in [0.4, 0.5) is 15.8 Å². The second kappa shape index (κ2) is 8.99. The van der Waals surface area contributed by atoms with Crippen LogP contribution in [0.1, 0.15) is 15.9 Å². The number of hydrogen-bond acceptors (Lipinski definition) is 6. The van der Waals surface area contributed by atoms with Gasteiger partial charge in [-0.05, 0) is 54.6 Å². The minimum Gasteiger partial charge on any atom is -0.496 e. The molecule has 0 atom stereocenters. The maximum atomic E-state index is 13.3. The Morgan fingerprint density at radius 1 is 1.06 bits per heavy atom. The predicted molar refractivity (Wildman–Crippen MR) is 121 cm³/mol. The molecule has 0 spiro atoms. The van der Waals surface area contributed by atoms with Crippen molar-refractivity contribution in [3.8, 4) is 17.2 Å². The zero-order valence-corrected chi connectivity index (χ0v) is 18.7. The summed E-state index contributed by atoms with van der Waals surface area (Å²) in [6.45, 7) is 0.0122. The lowest BCUT2D eigenvalue weighted by molar-refractivity contribution is 0.102. The second-order valence-electron chi connectivity index (χ2n) is 7.29. The number of nitrogens with one attached hydrogen (secondary N) is 1. The Morgan fingerprint density at radius 2 is 1.79 bits per heavy atom. The van der Waals surface area contributed by atoms with Crippen LogP contribution in [-0.4, -0.2) is 34.5 Å². The van der Waals surface area contributed by atoms with Crippen LogP contribution in [0.25, 0.3) is 0 Å². The Hall–Kier alpha value is -3.79. The fourth-order valence-corrected chi connectivity index (χ4v) is 4.26. The number of sulfonamides is 1. The number of nitrogens with zero attached hydrogens (tertiary/aromatic N) is 1. The highest BCUT2D eigenvalue weighted by Crippen LogP contribution is 2.34. The van der Waals surface area contributed by atoms with Crippen LogP contribution in [-0.2, 0) is 16.6 Å². The maximum Gasteiger partial charge on any atom is 0.255 e. The molecule has 33 heavy (non-hydrogen) atoms. The number of fused-ring (bicyclic) bond motifs is 1. The van der Waals surface area contributed by atoms with Gasteiger partial charge in [-0.2, -0.15) is 0 Å². The zero-order valence-electron chi connectivity index (χ0n) is 17.9. The second-order valence-corrected chi connectivity index (χ2v) is 9.20. The van der Waals surface area contributed by atoms with E-state index in [1.807, 2.05) is 0 Å². The third kappa shape index (κ3) is 5.01. The molecule has 1 amide bonds. The summed E-state index contributed by atoms with van der Waals surface area (Å²) in [7, 11) is -2.26. The van der Waals surface area contributed by atoms with Gasteiger partial charge in [-0.3, -0.25) is 9.10 Å². The summed E-state index contributed by atoms with van der Waals surface area (Å²) in [6.07, 6.45) is 1.05. The lowest BCUT2D eigenvalue weighted by atomic mass is 10.1. The van der Waals surface area contributed by atoms with Crippen molar-refractivity contribution in [1.29, 1.82) is 0 Å². The molecule has 0 aromatic heterocycles. The number of ether oxygens (including phenoxy) is 3. The molecule has 0 saturated carbocycles. The molecule has 3 aromatic carbocycles. The molecule has 0 fully saturated rings. The summed E-state index contributed by atoms with van der Waals surface area (Å²) >= 11 is 0. The molecule has 0 unspecified atom stereocenters. The van der Waals surface area contributed by atoms with E-state index in [-0.39, 0.29) is 19.0 Å². The van der Waals surface area contributed by atoms with Crippen LogP contribution in [0.2, 0.25) is 0 Å². The van der Waals surface area contributed by atoms with Crippen molar-refractivity contribution in [2.75, 3.05) is 29.8 Å². The number of anilines is 2. The van der Waals surface area contributed by atoms with E-state index in [9.17, 15) is 17.6 Å². The average molecular weight is 472 g/mol. The molecule has 8 nitrogen and oxygen atoms in total. The first kappa shape index (κ1) is 22.4. The third-order valence-corrected chi connectivity index (χ3v) is 6.14. The SMILES string of the molecule is COc1ccc(C(=O)Nc2ccc3c(c2)OCO3)cc1CN(c1ccc(F)cc1)S(C)(=O)=O. The van der Waals surface area contributed by atoms with Crippen LogP contribution in [0.5, 0.6) is 17.2 Å². The number of hydrogen-bond donors (Lipinski definition) is 1. The van der Waals surface area contributed by atoms with Crippen molar-refractivity contribution >= 4 is 27.3 Å². The molecule has 172 valence electrons. The molecule has 0 saturated heterocycles. The number of halogens is 1. The fraction of sp³-hybridized carbons (Fsp3) is 0.174. The third-order valence-electron chi connectivity index (χ3n) is 5.00. The number of carbonyl (C=O) groups is 1. The number of rotatable bonds is 7. The highest BCUT2D eigenvalue weighted by molar-refractivity contribution is 7.92. The summed E-state index contributed by atoms with van der Waals surface area (Å²) in [5.41, 5.74) is 1.57. The molecule has 1 aliphatic heterocycles. The minimum atomic E-state index is -3.71. The normalized spacial score (nSPS) is 12.3. The number of carbonyl (C=O) groups excluding carboxylic acids is 1. The standard InChI is InChI=1S/C23H21FN2O6S/c1-30-20-9-3-15(23(27)25-18-6-10-21-22(12-18)32-14-31-21)11-16(20)13-26(33(2,28)29)19-7-4-17(24)5-8-19/h3-12H,13-14H2,1-2H3,(H,25,27). The molecule has 0 bridgehead atoms. The Bertz CT molecular complexity index is 1290. The van der Waals surface area contributed by atoms with E-state index in [0.717, 1.165) is 10.6 Å². The summed E-state index contributed by atoms with van der Waals surface area (Å²) < 4.78 is 55.3. The van der Waals surface area contributed by atoms with E-state index < -0.39 is 21.7 Å². The van der Waals surface area contributed by atoms with Crippen molar-refractivity contribution in [3.63, 3.8) is 0 Å². The molecule has 0 aliphatic carbocycles. The first-order valence-corrected chi connectivity index (χ1v) is 11.7. The maximum absolute atomic E-state index is 13.3. The van der Waals surface area contributed by atoms with Crippen molar-refractivity contribution in [3.05, 3.63) is 77.6 Å². The van der Waals surface area contributed by atoms with Gasteiger partial charge in [-0.15, -0.1) is 0 Å². The highest BCUT2D eigenvalue weighted by atomic mass is 32.2. The predicted octanol–water partition coefficient (Wildman–Crippen LogP) is 3.78. The lowest BCUT2D eigenvalue weighted by Gasteiger charge is -2.24. The number of methoxy groups -OCH3 is 1. The molecule has 1 N–H and O–H groups in total. The van der Waals surface area contributed by atoms with Crippen molar-refractivity contribution < 1.29 is 31.8 Å². The van der Waals surface area contributed by atoms with Gasteiger partial charge in [0.1, 0.15) is 11.6 Å². The van der Waals surface area contributed by atoms with E-state index in [1.165, 1.54) is 31.4 Å². The van der Waals surface area contributed by atoms with Crippen LogP contribution in [0.3, 0.4) is 0 Å². The Morgan fingerprint density at radius 3 is 2.48 bits per heavy atom. The average Bonchev–Trinajstić information content (AvgIpc) is 3.25. The van der Waals surface area contributed by atoms with Crippen LogP contribution in [0.15, 0.2) is 60.7 Å². The fourth-order valence-electron chi connectivity index (χ4n) is 3.38. The van der Waals surface area contributed by atoms with Crippen LogP contribution < -0.4 is 23.8 Å². The topological polar surface area (TPSA) is 94.2 Å². The van der Waals surface area contributed by atoms with Crippen molar-refractivity contribution in [1.82, 2.24) is 0 Å². The summed E-state index contributed by atoms with van der Waals surface area (Å²) in [5.74, 6) is 0.663. The quantitative estimate of drug-likeness (QED) is 0.563. The van der Waals surface area contributed by atoms with Gasteiger partial charge in [0, 0.05) is 22.9 Å². The van der Waals surface area contributed by atoms with Crippen molar-refractivity contribution in [2.45, 2.75) is 6.54 Å². The van der Waals surface area contributed by atoms with E-state index in [0.29, 0.717) is 34.1 Å². The minimum absolute atomic E-state index is 0.112. The van der Waals surface area contributed by atoms with Gasteiger partial charge >= 0.3 is 0 Å². The molecule has 0 radical (unpaired) electrons. The Balaban J connectivity index is 1.61. The van der Waals surface area contributed by atoms with Crippen LogP contribution in [0, 0.1) is 5.82 Å². The zero-order chi connectivity index (χ0) is 23.6. The van der Waals surface area contributed by atoms with E-state index in [1.54, 1.807) is 36.4 Å². The Kier molecular flexibility index (Phi) is 6.10.